The summed E-state index contributed by atoms with van der Waals surface area (Å²) in [6.07, 6.45) is 1.41. The van der Waals surface area contributed by atoms with E-state index in [4.69, 9.17) is 5.11 Å². The Morgan fingerprint density at radius 2 is 2.04 bits per heavy atom. The Morgan fingerprint density at radius 1 is 1.33 bits per heavy atom. The van der Waals surface area contributed by atoms with Crippen molar-refractivity contribution in [2.24, 2.45) is 0 Å². The molecule has 0 bridgehead atoms. The van der Waals surface area contributed by atoms with Gasteiger partial charge in [-0.15, -0.1) is 11.8 Å². The fourth-order valence-electron chi connectivity index (χ4n) is 2.34. The van der Waals surface area contributed by atoms with Gasteiger partial charge >= 0.3 is 5.97 Å². The van der Waals surface area contributed by atoms with Crippen LogP contribution in [-0.4, -0.2) is 26.3 Å². The SMILES string of the molecule is CCCc1c(CSc2s[nH]c(=O)c2C(=O)O)ccc(C(C)=O)c1O. The molecule has 0 atom stereocenters. The molecule has 2 aromatic rings. The first-order valence-corrected chi connectivity index (χ1v) is 9.09. The maximum atomic E-state index is 11.6. The number of phenols is 1. The number of carboxylic acids is 1. The number of hydrogen-bond donors (Lipinski definition) is 3. The van der Waals surface area contributed by atoms with Crippen LogP contribution in [-0.2, 0) is 12.2 Å². The van der Waals surface area contributed by atoms with Gasteiger partial charge in [0.15, 0.2) is 11.3 Å². The molecule has 1 aromatic carbocycles. The van der Waals surface area contributed by atoms with Crippen LogP contribution in [0.5, 0.6) is 5.75 Å². The molecule has 0 amide bonds. The normalized spacial score (nSPS) is 10.8. The number of benzene rings is 1. The van der Waals surface area contributed by atoms with Crippen LogP contribution in [0, 0.1) is 0 Å². The lowest BCUT2D eigenvalue weighted by Gasteiger charge is -2.13. The smallest absolute Gasteiger partial charge is 0.343 e. The van der Waals surface area contributed by atoms with Crippen LogP contribution in [0.1, 0.15) is 52.1 Å². The van der Waals surface area contributed by atoms with Crippen molar-refractivity contribution in [1.82, 2.24) is 4.37 Å². The quantitative estimate of drug-likeness (QED) is 0.512. The molecule has 0 saturated carbocycles. The molecule has 0 saturated heterocycles. The van der Waals surface area contributed by atoms with Gasteiger partial charge in [-0.05, 0) is 30.5 Å². The summed E-state index contributed by atoms with van der Waals surface area (Å²) in [7, 11) is 0. The molecule has 3 N–H and O–H groups in total. The number of H-pyrrole nitrogens is 1. The lowest BCUT2D eigenvalue weighted by atomic mass is 9.98. The number of thioether (sulfide) groups is 1. The number of rotatable bonds is 7. The predicted octanol–water partition coefficient (Wildman–Crippen LogP) is 3.29. The Hall–Kier alpha value is -2.06. The van der Waals surface area contributed by atoms with Gasteiger partial charge in [0.2, 0.25) is 0 Å². The minimum absolute atomic E-state index is 0.0110. The van der Waals surface area contributed by atoms with E-state index in [1.54, 1.807) is 12.1 Å². The molecule has 0 spiro atoms. The molecule has 0 radical (unpaired) electrons. The molecule has 0 aliphatic carbocycles. The Labute approximate surface area is 146 Å². The zero-order chi connectivity index (χ0) is 17.9. The van der Waals surface area contributed by atoms with Gasteiger partial charge in [0.1, 0.15) is 5.75 Å². The third kappa shape index (κ3) is 3.70. The van der Waals surface area contributed by atoms with Gasteiger partial charge in [0, 0.05) is 5.75 Å². The molecule has 1 heterocycles. The van der Waals surface area contributed by atoms with E-state index in [9.17, 15) is 19.5 Å². The number of aromatic nitrogens is 1. The van der Waals surface area contributed by atoms with Crippen molar-refractivity contribution in [2.45, 2.75) is 36.7 Å². The number of hydrogen-bond acceptors (Lipinski definition) is 6. The number of carboxylic acid groups (broad SMARTS) is 1. The number of aromatic hydroxyl groups is 1. The molecule has 2 rings (SSSR count). The van der Waals surface area contributed by atoms with E-state index in [1.165, 1.54) is 18.7 Å². The summed E-state index contributed by atoms with van der Waals surface area (Å²) in [5.74, 6) is -1.08. The van der Waals surface area contributed by atoms with E-state index in [0.29, 0.717) is 21.9 Å². The number of Topliss-reactive ketones (excluding diaryl/α,β-unsaturated/α-hetero) is 1. The first-order valence-electron chi connectivity index (χ1n) is 7.29. The second kappa shape index (κ2) is 7.67. The third-order valence-corrected chi connectivity index (χ3v) is 5.70. The van der Waals surface area contributed by atoms with Crippen LogP contribution in [0.4, 0.5) is 0 Å². The van der Waals surface area contributed by atoms with Crippen LogP contribution in [0.25, 0.3) is 0 Å². The van der Waals surface area contributed by atoms with Crippen LogP contribution in [0.3, 0.4) is 0 Å². The molecule has 0 fully saturated rings. The van der Waals surface area contributed by atoms with E-state index in [-0.39, 0.29) is 22.7 Å². The number of nitrogens with one attached hydrogen (secondary N) is 1. The summed E-state index contributed by atoms with van der Waals surface area (Å²) in [5.41, 5.74) is 0.925. The maximum Gasteiger partial charge on any atom is 0.343 e. The van der Waals surface area contributed by atoms with Crippen molar-refractivity contribution in [1.29, 1.82) is 0 Å². The minimum Gasteiger partial charge on any atom is -0.507 e. The van der Waals surface area contributed by atoms with Crippen molar-refractivity contribution >= 4 is 35.0 Å². The van der Waals surface area contributed by atoms with Crippen LogP contribution in [0.2, 0.25) is 0 Å². The molecular weight excluding hydrogens is 350 g/mol. The summed E-state index contributed by atoms with van der Waals surface area (Å²) < 4.78 is 2.81. The summed E-state index contributed by atoms with van der Waals surface area (Å²) in [6, 6.07) is 3.34. The van der Waals surface area contributed by atoms with E-state index in [2.05, 4.69) is 4.37 Å². The van der Waals surface area contributed by atoms with E-state index < -0.39 is 11.5 Å². The van der Waals surface area contributed by atoms with E-state index in [1.807, 2.05) is 6.92 Å². The third-order valence-electron chi connectivity index (χ3n) is 3.50. The monoisotopic (exact) mass is 367 g/mol. The lowest BCUT2D eigenvalue weighted by Crippen LogP contribution is -2.12. The van der Waals surface area contributed by atoms with E-state index >= 15 is 0 Å². The van der Waals surface area contributed by atoms with Crippen molar-refractivity contribution in [3.8, 4) is 5.75 Å². The van der Waals surface area contributed by atoms with Crippen LogP contribution >= 0.6 is 23.3 Å². The van der Waals surface area contributed by atoms with Gasteiger partial charge in [-0.25, -0.2) is 4.79 Å². The number of aromatic carboxylic acids is 1. The number of carbonyl (C=O) groups excluding carboxylic acids is 1. The Bertz CT molecular complexity index is 837. The minimum atomic E-state index is -1.26. The summed E-state index contributed by atoms with van der Waals surface area (Å²) in [4.78, 5) is 34.2. The fraction of sp³-hybridized carbons (Fsp3) is 0.312. The molecule has 1 aromatic heterocycles. The molecule has 0 unspecified atom stereocenters. The highest BCUT2D eigenvalue weighted by molar-refractivity contribution is 8.00. The molecular formula is C16H17NO5S2. The second-order valence-electron chi connectivity index (χ2n) is 5.20. The van der Waals surface area contributed by atoms with Crippen LogP contribution < -0.4 is 5.56 Å². The van der Waals surface area contributed by atoms with Gasteiger partial charge in [0.05, 0.1) is 9.77 Å². The molecule has 128 valence electrons. The highest BCUT2D eigenvalue weighted by Crippen LogP contribution is 2.34. The first kappa shape index (κ1) is 18.3. The van der Waals surface area contributed by atoms with Crippen LogP contribution in [0.15, 0.2) is 21.1 Å². The van der Waals surface area contributed by atoms with Crippen molar-refractivity contribution in [2.75, 3.05) is 0 Å². The van der Waals surface area contributed by atoms with Gasteiger partial charge in [0.25, 0.3) is 5.56 Å². The largest absolute Gasteiger partial charge is 0.507 e. The Balaban J connectivity index is 2.33. The van der Waals surface area contributed by atoms with Gasteiger partial charge in [-0.1, -0.05) is 30.9 Å². The van der Waals surface area contributed by atoms with Gasteiger partial charge in [-0.2, -0.15) is 0 Å². The van der Waals surface area contributed by atoms with Crippen molar-refractivity contribution in [3.63, 3.8) is 0 Å². The summed E-state index contributed by atoms with van der Waals surface area (Å²) in [6.45, 7) is 3.37. The zero-order valence-electron chi connectivity index (χ0n) is 13.2. The number of aromatic amines is 1. The average Bonchev–Trinajstić information content (AvgIpc) is 2.88. The number of phenolic OH excluding ortho intramolecular Hbond substituents is 1. The van der Waals surface area contributed by atoms with Crippen molar-refractivity contribution in [3.05, 3.63) is 44.7 Å². The molecule has 6 nitrogen and oxygen atoms in total. The first-order chi connectivity index (χ1) is 11.4. The maximum absolute atomic E-state index is 11.6. The molecule has 8 heteroatoms. The van der Waals surface area contributed by atoms with Crippen molar-refractivity contribution < 1.29 is 19.8 Å². The van der Waals surface area contributed by atoms with E-state index in [0.717, 1.165) is 23.5 Å². The average molecular weight is 367 g/mol. The lowest BCUT2D eigenvalue weighted by molar-refractivity contribution is 0.0692. The number of carbonyl (C=O) groups is 2. The molecule has 24 heavy (non-hydrogen) atoms. The Kier molecular flexibility index (Phi) is 5.84. The predicted molar refractivity (Wildman–Crippen MR) is 93.6 cm³/mol. The summed E-state index contributed by atoms with van der Waals surface area (Å²) in [5, 5.41) is 19.4. The highest BCUT2D eigenvalue weighted by atomic mass is 32.2. The second-order valence-corrected chi connectivity index (χ2v) is 7.26. The topological polar surface area (TPSA) is 107 Å². The Morgan fingerprint density at radius 3 is 2.62 bits per heavy atom. The highest BCUT2D eigenvalue weighted by Gasteiger charge is 2.20. The zero-order valence-corrected chi connectivity index (χ0v) is 14.8. The fourth-order valence-corrected chi connectivity index (χ4v) is 4.33. The molecule has 0 aliphatic heterocycles. The van der Waals surface area contributed by atoms with Gasteiger partial charge < -0.3 is 10.2 Å². The molecule has 0 aliphatic rings. The van der Waals surface area contributed by atoms with Gasteiger partial charge in [-0.3, -0.25) is 14.0 Å². The number of ketones is 1. The standard InChI is InChI=1S/C16H17NO5S2/c1-3-4-11-9(5-6-10(8(2)18)13(11)19)7-23-16-12(15(21)22)14(20)17-24-16/h5-6,19H,3-4,7H2,1-2H3,(H,17,20)(H,21,22). The summed E-state index contributed by atoms with van der Waals surface area (Å²) >= 11 is 2.21.